The van der Waals surface area contributed by atoms with Crippen LogP contribution in [0.2, 0.25) is 0 Å². The van der Waals surface area contributed by atoms with Gasteiger partial charge in [-0.2, -0.15) is 0 Å². The molecule has 0 aromatic heterocycles. The van der Waals surface area contributed by atoms with Gasteiger partial charge in [-0.25, -0.2) is 0 Å². The molecule has 1 aliphatic rings. The average Bonchev–Trinajstić information content (AvgIpc) is 2.08. The second-order valence-corrected chi connectivity index (χ2v) is 4.52. The monoisotopic (exact) mass is 156 g/mol. The van der Waals surface area contributed by atoms with E-state index in [1.807, 2.05) is 0 Å². The fraction of sp³-hybridized carbons (Fsp3) is 1.00. The van der Waals surface area contributed by atoms with Crippen LogP contribution in [0.4, 0.5) is 0 Å². The molecule has 0 spiro atoms. The van der Waals surface area contributed by atoms with Gasteiger partial charge in [-0.1, -0.05) is 0 Å². The smallest absolute Gasteiger partial charge is 0.0154 e. The van der Waals surface area contributed by atoms with Gasteiger partial charge in [-0.15, -0.1) is 0 Å². The maximum absolute atomic E-state index is 5.85. The topological polar surface area (TPSA) is 29.3 Å². The standard InChI is InChI=1S/C9H20N2/c1-7(10)8-5-9(2,3)11(4)6-8/h7-8H,5-6,10H2,1-4H3. The number of hydrogen-bond donors (Lipinski definition) is 1. The third-order valence-corrected chi connectivity index (χ3v) is 3.05. The van der Waals surface area contributed by atoms with Crippen molar-refractivity contribution < 1.29 is 0 Å². The van der Waals surface area contributed by atoms with Crippen LogP contribution in [-0.4, -0.2) is 30.1 Å². The van der Waals surface area contributed by atoms with Crippen LogP contribution < -0.4 is 5.73 Å². The van der Waals surface area contributed by atoms with Crippen LogP contribution in [0.1, 0.15) is 27.2 Å². The van der Waals surface area contributed by atoms with Crippen LogP contribution in [0.3, 0.4) is 0 Å². The van der Waals surface area contributed by atoms with E-state index >= 15 is 0 Å². The van der Waals surface area contributed by atoms with Gasteiger partial charge in [0.15, 0.2) is 0 Å². The molecule has 1 fully saturated rings. The highest BCUT2D eigenvalue weighted by molar-refractivity contribution is 4.93. The normalized spacial score (nSPS) is 34.1. The van der Waals surface area contributed by atoms with Gasteiger partial charge in [0, 0.05) is 18.1 Å². The molecule has 0 aromatic rings. The minimum absolute atomic E-state index is 0.347. The Kier molecular flexibility index (Phi) is 2.26. The van der Waals surface area contributed by atoms with Crippen molar-refractivity contribution in [3.8, 4) is 0 Å². The lowest BCUT2D eigenvalue weighted by molar-refractivity contribution is 0.218. The first-order chi connectivity index (χ1) is 4.93. The molecular formula is C9H20N2. The van der Waals surface area contributed by atoms with Crippen LogP contribution >= 0.6 is 0 Å². The summed E-state index contributed by atoms with van der Waals surface area (Å²) in [7, 11) is 2.18. The Morgan fingerprint density at radius 2 is 2.09 bits per heavy atom. The molecule has 2 heteroatoms. The zero-order valence-corrected chi connectivity index (χ0v) is 8.09. The highest BCUT2D eigenvalue weighted by Crippen LogP contribution is 2.31. The van der Waals surface area contributed by atoms with E-state index in [4.69, 9.17) is 5.73 Å². The summed E-state index contributed by atoms with van der Waals surface area (Å²) in [5, 5.41) is 0. The molecule has 1 rings (SSSR count). The van der Waals surface area contributed by atoms with Crippen molar-refractivity contribution in [1.82, 2.24) is 4.90 Å². The van der Waals surface area contributed by atoms with Gasteiger partial charge in [0.1, 0.15) is 0 Å². The van der Waals surface area contributed by atoms with Gasteiger partial charge in [0.05, 0.1) is 0 Å². The Balaban J connectivity index is 2.57. The second-order valence-electron chi connectivity index (χ2n) is 4.52. The molecule has 0 bridgehead atoms. The second kappa shape index (κ2) is 2.76. The van der Waals surface area contributed by atoms with Crippen LogP contribution in [0.25, 0.3) is 0 Å². The van der Waals surface area contributed by atoms with Crippen molar-refractivity contribution in [3.05, 3.63) is 0 Å². The van der Waals surface area contributed by atoms with E-state index in [0.29, 0.717) is 17.5 Å². The molecule has 2 N–H and O–H groups in total. The predicted molar refractivity (Wildman–Crippen MR) is 48.5 cm³/mol. The summed E-state index contributed by atoms with van der Waals surface area (Å²) in [6, 6.07) is 0.347. The lowest BCUT2D eigenvalue weighted by Crippen LogP contribution is -2.34. The summed E-state index contributed by atoms with van der Waals surface area (Å²) in [4.78, 5) is 2.40. The molecular weight excluding hydrogens is 136 g/mol. The molecule has 1 aliphatic heterocycles. The zero-order chi connectivity index (χ0) is 8.65. The number of likely N-dealkylation sites (tertiary alicyclic amines) is 1. The Labute approximate surface area is 69.8 Å². The first-order valence-corrected chi connectivity index (χ1v) is 4.40. The summed E-state index contributed by atoms with van der Waals surface area (Å²) in [6.45, 7) is 7.84. The van der Waals surface area contributed by atoms with E-state index in [-0.39, 0.29) is 0 Å². The highest BCUT2D eigenvalue weighted by atomic mass is 15.2. The summed E-state index contributed by atoms with van der Waals surface area (Å²) in [5.74, 6) is 0.690. The maximum Gasteiger partial charge on any atom is 0.0154 e. The molecule has 1 saturated heterocycles. The third-order valence-electron chi connectivity index (χ3n) is 3.05. The maximum atomic E-state index is 5.85. The van der Waals surface area contributed by atoms with Crippen molar-refractivity contribution in [3.63, 3.8) is 0 Å². The Hall–Kier alpha value is -0.0800. The lowest BCUT2D eigenvalue weighted by atomic mass is 9.93. The van der Waals surface area contributed by atoms with Crippen LogP contribution in [0.5, 0.6) is 0 Å². The van der Waals surface area contributed by atoms with Gasteiger partial charge >= 0.3 is 0 Å². The van der Waals surface area contributed by atoms with Gasteiger partial charge in [0.2, 0.25) is 0 Å². The fourth-order valence-corrected chi connectivity index (χ4v) is 1.81. The largest absolute Gasteiger partial charge is 0.328 e. The van der Waals surface area contributed by atoms with E-state index < -0.39 is 0 Å². The van der Waals surface area contributed by atoms with Crippen LogP contribution in [0.15, 0.2) is 0 Å². The third kappa shape index (κ3) is 1.74. The van der Waals surface area contributed by atoms with E-state index in [9.17, 15) is 0 Å². The van der Waals surface area contributed by atoms with Crippen molar-refractivity contribution in [1.29, 1.82) is 0 Å². The molecule has 0 radical (unpaired) electrons. The van der Waals surface area contributed by atoms with E-state index in [1.54, 1.807) is 0 Å². The Morgan fingerprint density at radius 3 is 2.27 bits per heavy atom. The summed E-state index contributed by atoms with van der Waals surface area (Å²) in [5.41, 5.74) is 6.21. The first-order valence-electron chi connectivity index (χ1n) is 4.40. The molecule has 0 aromatic carbocycles. The SMILES string of the molecule is CC(N)C1CN(C)C(C)(C)C1. The Bertz CT molecular complexity index is 140. The average molecular weight is 156 g/mol. The fourth-order valence-electron chi connectivity index (χ4n) is 1.81. The van der Waals surface area contributed by atoms with Gasteiger partial charge in [0.25, 0.3) is 0 Å². The van der Waals surface area contributed by atoms with Crippen molar-refractivity contribution in [2.75, 3.05) is 13.6 Å². The highest BCUT2D eigenvalue weighted by Gasteiger charge is 2.36. The Morgan fingerprint density at radius 1 is 1.55 bits per heavy atom. The predicted octanol–water partition coefficient (Wildman–Crippen LogP) is 1.06. The summed E-state index contributed by atoms with van der Waals surface area (Å²) < 4.78 is 0. The molecule has 0 amide bonds. The quantitative estimate of drug-likeness (QED) is 0.615. The number of nitrogens with two attached hydrogens (primary N) is 1. The van der Waals surface area contributed by atoms with Crippen molar-refractivity contribution >= 4 is 0 Å². The van der Waals surface area contributed by atoms with Crippen molar-refractivity contribution in [2.24, 2.45) is 11.7 Å². The lowest BCUT2D eigenvalue weighted by Gasteiger charge is -2.26. The molecule has 0 saturated carbocycles. The van der Waals surface area contributed by atoms with E-state index in [1.165, 1.54) is 6.42 Å². The molecule has 2 atom stereocenters. The van der Waals surface area contributed by atoms with Gasteiger partial charge in [-0.3, -0.25) is 0 Å². The minimum Gasteiger partial charge on any atom is -0.328 e. The minimum atomic E-state index is 0.347. The molecule has 11 heavy (non-hydrogen) atoms. The molecule has 66 valence electrons. The number of hydrogen-bond acceptors (Lipinski definition) is 2. The molecule has 0 aliphatic carbocycles. The van der Waals surface area contributed by atoms with E-state index in [2.05, 4.69) is 32.7 Å². The molecule has 2 nitrogen and oxygen atoms in total. The van der Waals surface area contributed by atoms with Crippen molar-refractivity contribution in [2.45, 2.75) is 38.8 Å². The van der Waals surface area contributed by atoms with E-state index in [0.717, 1.165) is 6.54 Å². The summed E-state index contributed by atoms with van der Waals surface area (Å²) >= 11 is 0. The summed E-state index contributed by atoms with van der Waals surface area (Å²) in [6.07, 6.45) is 1.24. The first kappa shape index (κ1) is 9.01. The molecule has 2 unspecified atom stereocenters. The molecule has 1 heterocycles. The zero-order valence-electron chi connectivity index (χ0n) is 8.09. The number of nitrogens with zero attached hydrogens (tertiary/aromatic N) is 1. The van der Waals surface area contributed by atoms with Crippen LogP contribution in [0, 0.1) is 5.92 Å². The van der Waals surface area contributed by atoms with Gasteiger partial charge in [-0.05, 0) is 40.2 Å². The van der Waals surface area contributed by atoms with Crippen LogP contribution in [-0.2, 0) is 0 Å². The van der Waals surface area contributed by atoms with Gasteiger partial charge < -0.3 is 10.6 Å². The number of rotatable bonds is 1.